The van der Waals surface area contributed by atoms with Gasteiger partial charge in [0.2, 0.25) is 0 Å². The van der Waals surface area contributed by atoms with Gasteiger partial charge in [-0.25, -0.2) is 0 Å². The Kier molecular flexibility index (Phi) is 7.88. The summed E-state index contributed by atoms with van der Waals surface area (Å²) >= 11 is 3.43. The van der Waals surface area contributed by atoms with Gasteiger partial charge in [-0.15, -0.1) is 0 Å². The van der Waals surface area contributed by atoms with Crippen molar-refractivity contribution in [1.29, 1.82) is 0 Å². The second-order valence-corrected chi connectivity index (χ2v) is 7.33. The first-order valence-corrected chi connectivity index (χ1v) is 9.07. The van der Waals surface area contributed by atoms with E-state index in [4.69, 9.17) is 0 Å². The average Bonchev–Trinajstić information content (AvgIpc) is 2.42. The molecular formula is C15H24BrNOS. The Morgan fingerprint density at radius 3 is 2.68 bits per heavy atom. The highest BCUT2D eigenvalue weighted by atomic mass is 79.9. The normalized spacial score (nSPS) is 16.0. The van der Waals surface area contributed by atoms with Gasteiger partial charge in [0.1, 0.15) is 0 Å². The summed E-state index contributed by atoms with van der Waals surface area (Å²) in [6.07, 6.45) is 2.22. The molecular weight excluding hydrogens is 322 g/mol. The number of hydrogen-bond acceptors (Lipinski definition) is 2. The Labute approximate surface area is 128 Å². The zero-order chi connectivity index (χ0) is 14.3. The van der Waals surface area contributed by atoms with Gasteiger partial charge in [-0.3, -0.25) is 4.21 Å². The smallest absolute Gasteiger partial charge is 0.0545 e. The van der Waals surface area contributed by atoms with E-state index in [9.17, 15) is 4.21 Å². The lowest BCUT2D eigenvalue weighted by Crippen LogP contribution is -2.39. The minimum Gasteiger partial charge on any atom is -0.313 e. The molecule has 3 atom stereocenters. The largest absolute Gasteiger partial charge is 0.313 e. The highest BCUT2D eigenvalue weighted by molar-refractivity contribution is 9.10. The van der Waals surface area contributed by atoms with Gasteiger partial charge in [-0.05, 0) is 37.1 Å². The summed E-state index contributed by atoms with van der Waals surface area (Å²) in [5.74, 6) is 1.23. The van der Waals surface area contributed by atoms with Gasteiger partial charge in [0.15, 0.2) is 0 Å². The molecule has 0 aliphatic carbocycles. The van der Waals surface area contributed by atoms with Crippen LogP contribution in [0.25, 0.3) is 0 Å². The molecule has 0 saturated heterocycles. The summed E-state index contributed by atoms with van der Waals surface area (Å²) in [5.41, 5.74) is 0. The van der Waals surface area contributed by atoms with E-state index in [0.717, 1.165) is 28.8 Å². The molecule has 0 saturated carbocycles. The molecule has 4 heteroatoms. The summed E-state index contributed by atoms with van der Waals surface area (Å²) in [5, 5.41) is 3.53. The molecule has 0 bridgehead atoms. The van der Waals surface area contributed by atoms with E-state index >= 15 is 0 Å². The third kappa shape index (κ3) is 5.76. The van der Waals surface area contributed by atoms with Crippen molar-refractivity contribution in [1.82, 2.24) is 5.32 Å². The lowest BCUT2D eigenvalue weighted by Gasteiger charge is -2.24. The molecule has 3 unspecified atom stereocenters. The predicted octanol–water partition coefficient (Wildman–Crippen LogP) is 3.97. The van der Waals surface area contributed by atoms with Gasteiger partial charge in [-0.2, -0.15) is 0 Å². The van der Waals surface area contributed by atoms with E-state index in [1.807, 2.05) is 24.3 Å². The van der Waals surface area contributed by atoms with E-state index < -0.39 is 10.8 Å². The van der Waals surface area contributed by atoms with Crippen molar-refractivity contribution >= 4 is 26.7 Å². The molecule has 19 heavy (non-hydrogen) atoms. The molecule has 0 spiro atoms. The van der Waals surface area contributed by atoms with Crippen LogP contribution < -0.4 is 5.32 Å². The molecule has 2 nitrogen and oxygen atoms in total. The van der Waals surface area contributed by atoms with Crippen molar-refractivity contribution in [3.8, 4) is 0 Å². The SMILES string of the molecule is CCCNC(CS(=O)c1cccc(Br)c1)C(C)CC. The van der Waals surface area contributed by atoms with Crippen LogP contribution in [-0.2, 0) is 10.8 Å². The number of hydrogen-bond donors (Lipinski definition) is 1. The van der Waals surface area contributed by atoms with Gasteiger partial charge in [-0.1, -0.05) is 49.2 Å². The number of nitrogens with one attached hydrogen (secondary N) is 1. The topological polar surface area (TPSA) is 29.1 Å². The zero-order valence-electron chi connectivity index (χ0n) is 12.0. The van der Waals surface area contributed by atoms with Gasteiger partial charge in [0, 0.05) is 21.2 Å². The van der Waals surface area contributed by atoms with Crippen LogP contribution in [0, 0.1) is 5.92 Å². The highest BCUT2D eigenvalue weighted by Crippen LogP contribution is 2.17. The second kappa shape index (κ2) is 8.88. The van der Waals surface area contributed by atoms with Crippen molar-refractivity contribution in [3.63, 3.8) is 0 Å². The van der Waals surface area contributed by atoms with Crippen LogP contribution in [0.2, 0.25) is 0 Å². The van der Waals surface area contributed by atoms with E-state index in [1.54, 1.807) is 0 Å². The Hall–Kier alpha value is -0.190. The molecule has 0 radical (unpaired) electrons. The van der Waals surface area contributed by atoms with Crippen LogP contribution in [0.15, 0.2) is 33.6 Å². The Balaban J connectivity index is 2.69. The first-order valence-electron chi connectivity index (χ1n) is 6.95. The van der Waals surface area contributed by atoms with E-state index in [0.29, 0.717) is 17.7 Å². The van der Waals surface area contributed by atoms with Crippen LogP contribution >= 0.6 is 15.9 Å². The van der Waals surface area contributed by atoms with Crippen molar-refractivity contribution in [2.24, 2.45) is 5.92 Å². The van der Waals surface area contributed by atoms with E-state index in [2.05, 4.69) is 42.0 Å². The molecule has 0 heterocycles. The fraction of sp³-hybridized carbons (Fsp3) is 0.600. The molecule has 0 aliphatic heterocycles. The molecule has 0 amide bonds. The van der Waals surface area contributed by atoms with Crippen molar-refractivity contribution in [2.45, 2.75) is 44.6 Å². The number of halogens is 1. The Morgan fingerprint density at radius 2 is 2.11 bits per heavy atom. The standard InChI is InChI=1S/C15H24BrNOS/c1-4-9-17-15(12(3)5-2)11-19(18)14-8-6-7-13(16)10-14/h6-8,10,12,15,17H,4-5,9,11H2,1-3H3. The number of benzene rings is 1. The third-order valence-electron chi connectivity index (χ3n) is 3.38. The fourth-order valence-electron chi connectivity index (χ4n) is 1.91. The molecule has 1 rings (SSSR count). The third-order valence-corrected chi connectivity index (χ3v) is 5.31. The lowest BCUT2D eigenvalue weighted by atomic mass is 10.0. The lowest BCUT2D eigenvalue weighted by molar-refractivity contribution is 0.394. The first kappa shape index (κ1) is 16.9. The van der Waals surface area contributed by atoms with Crippen LogP contribution in [-0.4, -0.2) is 22.5 Å². The summed E-state index contributed by atoms with van der Waals surface area (Å²) in [7, 11) is -0.942. The summed E-state index contributed by atoms with van der Waals surface area (Å²) in [6, 6.07) is 8.11. The van der Waals surface area contributed by atoms with Crippen molar-refractivity contribution < 1.29 is 4.21 Å². The number of rotatable bonds is 8. The minimum atomic E-state index is -0.942. The zero-order valence-corrected chi connectivity index (χ0v) is 14.4. The summed E-state index contributed by atoms with van der Waals surface area (Å²) in [6.45, 7) is 7.56. The van der Waals surface area contributed by atoms with Gasteiger partial charge >= 0.3 is 0 Å². The van der Waals surface area contributed by atoms with E-state index in [1.165, 1.54) is 0 Å². The van der Waals surface area contributed by atoms with Crippen LogP contribution in [0.4, 0.5) is 0 Å². The Bertz CT molecular complexity index is 411. The van der Waals surface area contributed by atoms with Gasteiger partial charge in [0.05, 0.1) is 10.8 Å². The van der Waals surface area contributed by atoms with Crippen LogP contribution in [0.3, 0.4) is 0 Å². The minimum absolute atomic E-state index is 0.324. The van der Waals surface area contributed by atoms with E-state index in [-0.39, 0.29) is 0 Å². The summed E-state index contributed by atoms with van der Waals surface area (Å²) in [4.78, 5) is 0.904. The van der Waals surface area contributed by atoms with Gasteiger partial charge in [0.25, 0.3) is 0 Å². The quantitative estimate of drug-likeness (QED) is 0.772. The monoisotopic (exact) mass is 345 g/mol. The molecule has 0 aromatic heterocycles. The fourth-order valence-corrected chi connectivity index (χ4v) is 3.91. The maximum atomic E-state index is 12.4. The van der Waals surface area contributed by atoms with Crippen LogP contribution in [0.5, 0.6) is 0 Å². The van der Waals surface area contributed by atoms with Crippen LogP contribution in [0.1, 0.15) is 33.6 Å². The maximum Gasteiger partial charge on any atom is 0.0545 e. The summed E-state index contributed by atoms with van der Waals surface area (Å²) < 4.78 is 13.4. The molecule has 0 fully saturated rings. The van der Waals surface area contributed by atoms with Gasteiger partial charge < -0.3 is 5.32 Å². The maximum absolute atomic E-state index is 12.4. The molecule has 1 N–H and O–H groups in total. The second-order valence-electron chi connectivity index (χ2n) is 4.92. The molecule has 108 valence electrons. The first-order chi connectivity index (χ1) is 9.08. The van der Waals surface area contributed by atoms with Crippen molar-refractivity contribution in [3.05, 3.63) is 28.7 Å². The highest BCUT2D eigenvalue weighted by Gasteiger charge is 2.18. The Morgan fingerprint density at radius 1 is 1.37 bits per heavy atom. The average molecular weight is 346 g/mol. The van der Waals surface area contributed by atoms with Crippen molar-refractivity contribution in [2.75, 3.05) is 12.3 Å². The predicted molar refractivity (Wildman–Crippen MR) is 87.0 cm³/mol. The molecule has 1 aromatic rings. The molecule has 1 aromatic carbocycles. The molecule has 0 aliphatic rings.